The lowest BCUT2D eigenvalue weighted by atomic mass is 9.92. The van der Waals surface area contributed by atoms with Crippen molar-refractivity contribution in [3.05, 3.63) is 33.8 Å². The third-order valence-corrected chi connectivity index (χ3v) is 3.97. The zero-order valence-corrected chi connectivity index (χ0v) is 13.6. The lowest BCUT2D eigenvalue weighted by Gasteiger charge is -2.23. The third-order valence-electron chi connectivity index (χ3n) is 3.42. The quantitative estimate of drug-likeness (QED) is 0.819. The van der Waals surface area contributed by atoms with Gasteiger partial charge in [0.25, 0.3) is 5.91 Å². The van der Waals surface area contributed by atoms with Crippen LogP contribution in [-0.2, 0) is 15.1 Å². The van der Waals surface area contributed by atoms with Crippen LogP contribution in [0.5, 0.6) is 0 Å². The third kappa shape index (κ3) is 2.89. The van der Waals surface area contributed by atoms with Gasteiger partial charge in [0.1, 0.15) is 12.1 Å². The number of carbonyl (C=O) groups is 3. The summed E-state index contributed by atoms with van der Waals surface area (Å²) in [6.07, 6.45) is 0. The number of amides is 4. The fourth-order valence-corrected chi connectivity index (χ4v) is 2.91. The molecule has 22 heavy (non-hydrogen) atoms. The van der Waals surface area contributed by atoms with Gasteiger partial charge in [-0.05, 0) is 26.0 Å². The first-order chi connectivity index (χ1) is 10.3. The minimum Gasteiger partial charge on any atom is -0.355 e. The molecule has 6 nitrogen and oxygen atoms in total. The van der Waals surface area contributed by atoms with Crippen molar-refractivity contribution in [3.63, 3.8) is 0 Å². The topological polar surface area (TPSA) is 78.5 Å². The number of rotatable bonds is 4. The van der Waals surface area contributed by atoms with Gasteiger partial charge in [0.2, 0.25) is 5.91 Å². The summed E-state index contributed by atoms with van der Waals surface area (Å²) in [5.41, 5.74) is -0.902. The van der Waals surface area contributed by atoms with Crippen LogP contribution in [-0.4, -0.2) is 35.8 Å². The molecule has 1 aliphatic rings. The first-order valence-corrected chi connectivity index (χ1v) is 7.41. The van der Waals surface area contributed by atoms with Gasteiger partial charge < -0.3 is 10.6 Å². The molecule has 0 unspecified atom stereocenters. The lowest BCUT2D eigenvalue weighted by molar-refractivity contribution is -0.134. The Morgan fingerprint density at radius 1 is 1.36 bits per heavy atom. The zero-order valence-electron chi connectivity index (χ0n) is 12.1. The normalized spacial score (nSPS) is 21.0. The molecule has 0 radical (unpaired) electrons. The number of nitrogens with one attached hydrogen (secondary N) is 2. The van der Waals surface area contributed by atoms with Crippen molar-refractivity contribution in [1.29, 1.82) is 0 Å². The molecule has 0 bridgehead atoms. The first-order valence-electron chi connectivity index (χ1n) is 6.66. The van der Waals surface area contributed by atoms with E-state index in [0.717, 1.165) is 4.90 Å². The van der Waals surface area contributed by atoms with Crippen LogP contribution in [0.2, 0.25) is 10.0 Å². The summed E-state index contributed by atoms with van der Waals surface area (Å²) in [4.78, 5) is 37.1. The molecule has 0 spiro atoms. The molecule has 1 aromatic rings. The van der Waals surface area contributed by atoms with Crippen molar-refractivity contribution >= 4 is 41.0 Å². The molecular weight excluding hydrogens is 329 g/mol. The highest BCUT2D eigenvalue weighted by molar-refractivity contribution is 6.35. The molecule has 4 amide bonds. The van der Waals surface area contributed by atoms with Crippen LogP contribution in [0.3, 0.4) is 0 Å². The van der Waals surface area contributed by atoms with Crippen molar-refractivity contribution in [1.82, 2.24) is 15.5 Å². The van der Waals surface area contributed by atoms with Crippen LogP contribution in [0.15, 0.2) is 18.2 Å². The SMILES string of the molecule is CCNC(=O)CN1C(=O)N[C@](C)(c2ccc(Cl)cc2Cl)C1=O. The van der Waals surface area contributed by atoms with E-state index in [1.807, 2.05) is 0 Å². The molecule has 0 aliphatic carbocycles. The highest BCUT2D eigenvalue weighted by Crippen LogP contribution is 2.34. The molecule has 0 aromatic heterocycles. The minimum absolute atomic E-state index is 0.267. The molecule has 1 saturated heterocycles. The molecule has 1 fully saturated rings. The predicted molar refractivity (Wildman–Crippen MR) is 82.7 cm³/mol. The smallest absolute Gasteiger partial charge is 0.325 e. The van der Waals surface area contributed by atoms with Crippen LogP contribution < -0.4 is 10.6 Å². The standard InChI is InChI=1S/C14H15Cl2N3O3/c1-3-17-11(20)7-19-12(21)14(2,18-13(19)22)9-5-4-8(15)6-10(9)16/h4-6H,3,7H2,1-2H3,(H,17,20)(H,18,22)/t14-/m1/s1. The van der Waals surface area contributed by atoms with E-state index in [1.54, 1.807) is 26.0 Å². The van der Waals surface area contributed by atoms with Crippen molar-refractivity contribution in [3.8, 4) is 0 Å². The molecule has 8 heteroatoms. The minimum atomic E-state index is -1.33. The van der Waals surface area contributed by atoms with Gasteiger partial charge in [0, 0.05) is 22.2 Å². The Kier molecular flexibility index (Phi) is 4.63. The fraction of sp³-hybridized carbons (Fsp3) is 0.357. The zero-order chi connectivity index (χ0) is 16.5. The van der Waals surface area contributed by atoms with Crippen LogP contribution in [0.25, 0.3) is 0 Å². The number of likely N-dealkylation sites (N-methyl/N-ethyl adjacent to an activating group) is 1. The van der Waals surface area contributed by atoms with E-state index in [-0.39, 0.29) is 11.6 Å². The van der Waals surface area contributed by atoms with Crippen LogP contribution in [0.4, 0.5) is 4.79 Å². The molecule has 118 valence electrons. The summed E-state index contributed by atoms with van der Waals surface area (Å²) in [6.45, 7) is 3.38. The lowest BCUT2D eigenvalue weighted by Crippen LogP contribution is -2.43. The summed E-state index contributed by atoms with van der Waals surface area (Å²) < 4.78 is 0. The molecule has 1 atom stereocenters. The van der Waals surface area contributed by atoms with E-state index in [1.165, 1.54) is 6.07 Å². The second kappa shape index (κ2) is 6.14. The average Bonchev–Trinajstić information content (AvgIpc) is 2.63. The summed E-state index contributed by atoms with van der Waals surface area (Å²) >= 11 is 12.0. The number of carbonyl (C=O) groups excluding carboxylic acids is 3. The van der Waals surface area contributed by atoms with Gasteiger partial charge in [0.15, 0.2) is 0 Å². The van der Waals surface area contributed by atoms with Crippen molar-refractivity contribution in [2.45, 2.75) is 19.4 Å². The molecule has 0 saturated carbocycles. The molecule has 2 N–H and O–H groups in total. The monoisotopic (exact) mass is 343 g/mol. The second-order valence-electron chi connectivity index (χ2n) is 5.02. The average molecular weight is 344 g/mol. The van der Waals surface area contributed by atoms with Crippen LogP contribution in [0.1, 0.15) is 19.4 Å². The van der Waals surface area contributed by atoms with Gasteiger partial charge in [0.05, 0.1) is 0 Å². The Morgan fingerprint density at radius 2 is 2.05 bits per heavy atom. The summed E-state index contributed by atoms with van der Waals surface area (Å²) in [7, 11) is 0. The van der Waals surface area contributed by atoms with Crippen molar-refractivity contribution in [2.75, 3.05) is 13.1 Å². The number of urea groups is 1. The van der Waals surface area contributed by atoms with Gasteiger partial charge in [-0.3, -0.25) is 14.5 Å². The Balaban J connectivity index is 2.31. The molecule has 2 rings (SSSR count). The van der Waals surface area contributed by atoms with Crippen LogP contribution in [0, 0.1) is 0 Å². The molecular formula is C14H15Cl2N3O3. The predicted octanol–water partition coefficient (Wildman–Crippen LogP) is 1.90. The van der Waals surface area contributed by atoms with E-state index in [4.69, 9.17) is 23.2 Å². The number of hydrogen-bond donors (Lipinski definition) is 2. The summed E-state index contributed by atoms with van der Waals surface area (Å²) in [5.74, 6) is -0.939. The fourth-order valence-electron chi connectivity index (χ4n) is 2.31. The largest absolute Gasteiger partial charge is 0.355 e. The van der Waals surface area contributed by atoms with Gasteiger partial charge in [-0.15, -0.1) is 0 Å². The first kappa shape index (κ1) is 16.6. The van der Waals surface area contributed by atoms with Crippen molar-refractivity contribution in [2.24, 2.45) is 0 Å². The van der Waals surface area contributed by atoms with Gasteiger partial charge in [-0.25, -0.2) is 4.79 Å². The van der Waals surface area contributed by atoms with Gasteiger partial charge >= 0.3 is 6.03 Å². The number of imide groups is 1. The van der Waals surface area contributed by atoms with Gasteiger partial charge in [-0.2, -0.15) is 0 Å². The maximum atomic E-state index is 12.6. The highest BCUT2D eigenvalue weighted by Gasteiger charge is 2.50. The maximum Gasteiger partial charge on any atom is 0.325 e. The highest BCUT2D eigenvalue weighted by atomic mass is 35.5. The van der Waals surface area contributed by atoms with E-state index in [0.29, 0.717) is 17.1 Å². The van der Waals surface area contributed by atoms with E-state index in [9.17, 15) is 14.4 Å². The Hall–Kier alpha value is -1.79. The Labute approximate surface area is 137 Å². The second-order valence-corrected chi connectivity index (χ2v) is 5.87. The molecule has 1 heterocycles. The van der Waals surface area contributed by atoms with E-state index >= 15 is 0 Å². The maximum absolute atomic E-state index is 12.6. The summed E-state index contributed by atoms with van der Waals surface area (Å²) in [6, 6.07) is 4.03. The molecule has 1 aromatic carbocycles. The Morgan fingerprint density at radius 3 is 2.64 bits per heavy atom. The van der Waals surface area contributed by atoms with Crippen molar-refractivity contribution < 1.29 is 14.4 Å². The van der Waals surface area contributed by atoms with E-state index in [2.05, 4.69) is 10.6 Å². The van der Waals surface area contributed by atoms with Crippen LogP contribution >= 0.6 is 23.2 Å². The number of halogens is 2. The van der Waals surface area contributed by atoms with Gasteiger partial charge in [-0.1, -0.05) is 29.3 Å². The van der Waals surface area contributed by atoms with E-state index < -0.39 is 23.4 Å². The Bertz CT molecular complexity index is 650. The number of benzene rings is 1. The molecule has 1 aliphatic heterocycles. The number of nitrogens with zero attached hydrogens (tertiary/aromatic N) is 1. The number of hydrogen-bond acceptors (Lipinski definition) is 3. The summed E-state index contributed by atoms with van der Waals surface area (Å²) in [5, 5.41) is 5.82.